The Labute approximate surface area is 365 Å². The third-order valence-electron chi connectivity index (χ3n) is 11.2. The zero-order valence-corrected chi connectivity index (χ0v) is 37.8. The average Bonchev–Trinajstić information content (AvgIpc) is 3.70. The Bertz CT molecular complexity index is 2280. The van der Waals surface area contributed by atoms with Crippen molar-refractivity contribution in [3.8, 4) is 0 Å². The van der Waals surface area contributed by atoms with Crippen molar-refractivity contribution < 1.29 is 75.4 Å². The maximum atomic E-state index is 12.5. The molecule has 58 heavy (non-hydrogen) atoms. The Kier molecular flexibility index (Phi) is 14.4. The van der Waals surface area contributed by atoms with Gasteiger partial charge in [-0.3, -0.25) is 6.08 Å². The van der Waals surface area contributed by atoms with Crippen molar-refractivity contribution in [3.05, 3.63) is 159 Å². The number of alkyl halides is 6. The van der Waals surface area contributed by atoms with E-state index in [9.17, 15) is 26.3 Å². The summed E-state index contributed by atoms with van der Waals surface area (Å²) in [5.41, 5.74) is 10.1. The summed E-state index contributed by atoms with van der Waals surface area (Å²) in [5, 5.41) is 5.61. The summed E-state index contributed by atoms with van der Waals surface area (Å²) < 4.78 is 75.6. The van der Waals surface area contributed by atoms with Gasteiger partial charge in [0, 0.05) is 0 Å². The van der Waals surface area contributed by atoms with Crippen LogP contribution in [-0.2, 0) is 47.4 Å². The fourth-order valence-electron chi connectivity index (χ4n) is 7.71. The van der Waals surface area contributed by atoms with Crippen molar-refractivity contribution >= 4 is 35.9 Å². The second-order valence-electron chi connectivity index (χ2n) is 16.6. The monoisotopic (exact) mass is 908 g/mol. The van der Waals surface area contributed by atoms with Crippen LogP contribution in [0.3, 0.4) is 0 Å². The van der Waals surface area contributed by atoms with Crippen LogP contribution in [0.5, 0.6) is 0 Å². The Balaban J connectivity index is 0.000000217. The van der Waals surface area contributed by atoms with Crippen LogP contribution in [-0.4, -0.2) is 3.21 Å². The molecule has 0 spiro atoms. The Morgan fingerprint density at radius 3 is 1.33 bits per heavy atom. The molecule has 304 valence electrons. The summed E-state index contributed by atoms with van der Waals surface area (Å²) >= 11 is 0.898. The van der Waals surface area contributed by atoms with Gasteiger partial charge in [-0.05, 0) is 59.8 Å². The first kappa shape index (κ1) is 47.3. The second kappa shape index (κ2) is 17.7. The van der Waals surface area contributed by atoms with Gasteiger partial charge in [-0.1, -0.05) is 75.9 Å². The normalized spacial score (nSPS) is 17.5. The molecular weight excluding hydrogens is 865 g/mol. The minimum Gasteiger partial charge on any atom is -1.00 e. The van der Waals surface area contributed by atoms with Crippen molar-refractivity contribution in [2.45, 2.75) is 91.4 Å². The molecule has 0 amide bonds. The number of rotatable bonds is 2. The third-order valence-corrected chi connectivity index (χ3v) is 12.6. The molecule has 1 atom stereocenters. The standard InChI is InChI=1S/C27H29.C15H8F6.C7H9.2ClH.Zr/c1-16-7-9-26(3,4)24-12-18-11-19-13-25-21(17(2)8-10-27(25,5)6)15-23(19)22(18)14-20(16)24;16-14(17,18)12-5-1-10(2-6-12)9-11-3-7-13(8-4-11)15(19,20)21;1-6-3-4-7(2)5-6;;;/h7-8,11-15H,9-10H2,1-6H3;1-8H;3,5,7H,1-2H3;2*1H;/q-1;;-1;;;+2/p-2. The summed E-state index contributed by atoms with van der Waals surface area (Å²) in [6.07, 6.45) is 5.65. The second-order valence-corrected chi connectivity index (χ2v) is 17.8. The summed E-state index contributed by atoms with van der Waals surface area (Å²) in [4.78, 5) is 0. The van der Waals surface area contributed by atoms with Gasteiger partial charge in [0.1, 0.15) is 0 Å². The molecule has 5 aromatic carbocycles. The number of allylic oxidation sites excluding steroid dienone is 8. The van der Waals surface area contributed by atoms with Gasteiger partial charge < -0.3 is 24.8 Å². The number of benzene rings is 4. The summed E-state index contributed by atoms with van der Waals surface area (Å²) in [6, 6.07) is 21.4. The zero-order valence-electron chi connectivity index (χ0n) is 33.8. The molecule has 0 nitrogen and oxygen atoms in total. The van der Waals surface area contributed by atoms with E-state index in [4.69, 9.17) is 0 Å². The van der Waals surface area contributed by atoms with Gasteiger partial charge in [-0.25, -0.2) is 11.6 Å². The van der Waals surface area contributed by atoms with Crippen LogP contribution in [0.1, 0.15) is 113 Å². The van der Waals surface area contributed by atoms with E-state index in [0.717, 1.165) is 61.3 Å². The zero-order chi connectivity index (χ0) is 41.0. The van der Waals surface area contributed by atoms with Gasteiger partial charge in [-0.2, -0.15) is 6.08 Å². The van der Waals surface area contributed by atoms with Gasteiger partial charge in [-0.15, -0.1) is 46.7 Å². The molecule has 3 aliphatic carbocycles. The maximum absolute atomic E-state index is 12.5. The fraction of sp³-hybridized carbons (Fsp3) is 0.306. The van der Waals surface area contributed by atoms with Crippen molar-refractivity contribution in [2.24, 2.45) is 5.92 Å². The predicted molar refractivity (Wildman–Crippen MR) is 216 cm³/mol. The van der Waals surface area contributed by atoms with E-state index in [0.29, 0.717) is 20.3 Å². The van der Waals surface area contributed by atoms with Crippen LogP contribution in [0.2, 0.25) is 0 Å². The van der Waals surface area contributed by atoms with Crippen LogP contribution in [0.25, 0.3) is 32.7 Å². The molecule has 0 aromatic heterocycles. The van der Waals surface area contributed by atoms with Crippen molar-refractivity contribution in [2.75, 3.05) is 0 Å². The van der Waals surface area contributed by atoms with E-state index >= 15 is 0 Å². The van der Waals surface area contributed by atoms with E-state index in [1.807, 2.05) is 6.08 Å². The molecule has 0 heterocycles. The molecule has 0 N–H and O–H groups in total. The molecule has 5 aromatic rings. The van der Waals surface area contributed by atoms with Gasteiger partial charge in [0.2, 0.25) is 0 Å². The molecule has 0 saturated carbocycles. The van der Waals surface area contributed by atoms with Crippen LogP contribution in [0.15, 0.2) is 109 Å². The van der Waals surface area contributed by atoms with Crippen LogP contribution < -0.4 is 24.8 Å². The number of fused-ring (bicyclic) bond motifs is 5. The molecule has 0 fully saturated rings. The largest absolute Gasteiger partial charge is 1.00 e. The molecule has 0 saturated heterocycles. The van der Waals surface area contributed by atoms with Crippen molar-refractivity contribution in [3.63, 3.8) is 0 Å². The first-order chi connectivity index (χ1) is 26.0. The number of hydrogen-bond donors (Lipinski definition) is 0. The maximum Gasteiger partial charge on any atom is -1.00 e. The first-order valence-corrected chi connectivity index (χ1v) is 20.1. The predicted octanol–water partition coefficient (Wildman–Crippen LogP) is 8.67. The van der Waals surface area contributed by atoms with Gasteiger partial charge in [0.15, 0.2) is 0 Å². The van der Waals surface area contributed by atoms with E-state index in [2.05, 4.69) is 110 Å². The van der Waals surface area contributed by atoms with Crippen molar-refractivity contribution in [1.82, 2.24) is 0 Å². The molecule has 0 aliphatic heterocycles. The summed E-state index contributed by atoms with van der Waals surface area (Å²) in [5.74, 6) is 0.556. The summed E-state index contributed by atoms with van der Waals surface area (Å²) in [6.45, 7) is 18.3. The molecule has 8 rings (SSSR count). The fourth-order valence-corrected chi connectivity index (χ4v) is 8.53. The molecule has 3 aliphatic rings. The Morgan fingerprint density at radius 1 is 0.655 bits per heavy atom. The number of halogens is 8. The topological polar surface area (TPSA) is 0 Å². The van der Waals surface area contributed by atoms with E-state index < -0.39 is 23.5 Å². The molecule has 1 unspecified atom stereocenters. The SMILES string of the molecule is CC1=CC(C)[C-]=C1.CC1=CCC(C)(C)c2cc3[cH-]c4cc5c(cc4c3cc21)C(C)=CCC5(C)C.FC(F)(F)c1ccc([C](=[Zr+2])c2ccc(C(F)(F)F)cc2)cc1.[Cl-].[Cl-]. The van der Waals surface area contributed by atoms with Gasteiger partial charge >= 0.3 is 137 Å². The first-order valence-electron chi connectivity index (χ1n) is 18.8. The van der Waals surface area contributed by atoms with Crippen LogP contribution in [0.4, 0.5) is 26.3 Å². The molecule has 0 bridgehead atoms. The van der Waals surface area contributed by atoms with Crippen molar-refractivity contribution in [1.29, 1.82) is 0 Å². The molecular formula is C49H46Cl2F6Zr-2. The van der Waals surface area contributed by atoms with E-state index in [-0.39, 0.29) is 35.6 Å². The summed E-state index contributed by atoms with van der Waals surface area (Å²) in [7, 11) is 0. The van der Waals surface area contributed by atoms with E-state index in [1.165, 1.54) is 84.8 Å². The number of hydrogen-bond acceptors (Lipinski definition) is 0. The van der Waals surface area contributed by atoms with Gasteiger partial charge in [0.05, 0.1) is 0 Å². The Morgan fingerprint density at radius 2 is 1.03 bits per heavy atom. The van der Waals surface area contributed by atoms with Crippen LogP contribution in [0, 0.1) is 12.0 Å². The minimum atomic E-state index is -4.41. The quantitative estimate of drug-likeness (QED) is 0.123. The van der Waals surface area contributed by atoms with Crippen LogP contribution >= 0.6 is 0 Å². The van der Waals surface area contributed by atoms with E-state index in [1.54, 1.807) is 0 Å². The Hall–Kier alpha value is -3.38. The third kappa shape index (κ3) is 10.1. The smallest absolute Gasteiger partial charge is 1.00 e. The molecule has 9 heteroatoms. The van der Waals surface area contributed by atoms with Gasteiger partial charge in [0.25, 0.3) is 0 Å². The average molecular weight is 911 g/mol. The minimum absolute atomic E-state index is 0. The molecule has 0 radical (unpaired) electrons.